The monoisotopic (exact) mass is 306 g/mol. The van der Waals surface area contributed by atoms with Crippen LogP contribution in [0.3, 0.4) is 0 Å². The Morgan fingerprint density at radius 3 is 2.41 bits per heavy atom. The van der Waals surface area contributed by atoms with E-state index >= 15 is 0 Å². The maximum absolute atomic E-state index is 13.4. The summed E-state index contributed by atoms with van der Waals surface area (Å²) in [5, 5.41) is 2.21. The van der Waals surface area contributed by atoms with Crippen LogP contribution in [-0.2, 0) is 4.79 Å². The lowest BCUT2D eigenvalue weighted by molar-refractivity contribution is -0.116. The number of halogens is 3. The van der Waals surface area contributed by atoms with E-state index in [9.17, 15) is 13.6 Å². The van der Waals surface area contributed by atoms with E-state index in [-0.39, 0.29) is 10.9 Å². The van der Waals surface area contributed by atoms with Crippen molar-refractivity contribution in [3.63, 3.8) is 0 Å². The Morgan fingerprint density at radius 1 is 1.29 bits per heavy atom. The van der Waals surface area contributed by atoms with Crippen LogP contribution in [0.4, 0.5) is 14.5 Å². The molecule has 17 heavy (non-hydrogen) atoms. The van der Waals surface area contributed by atoms with Crippen molar-refractivity contribution in [2.75, 3.05) is 11.9 Å². The molecule has 0 saturated carbocycles. The van der Waals surface area contributed by atoms with Crippen LogP contribution in [0.2, 0.25) is 0 Å². The van der Waals surface area contributed by atoms with Crippen LogP contribution in [0.1, 0.15) is 19.3 Å². The fraction of sp³-hybridized carbons (Fsp3) is 0.364. The summed E-state index contributed by atoms with van der Waals surface area (Å²) in [7, 11) is 0. The van der Waals surface area contributed by atoms with Gasteiger partial charge in [0.15, 0.2) is 11.6 Å². The number of carbonyl (C=O) groups excluding carboxylic acids is 1. The van der Waals surface area contributed by atoms with E-state index in [1.165, 1.54) is 0 Å². The van der Waals surface area contributed by atoms with Crippen LogP contribution >= 0.6 is 15.9 Å². The van der Waals surface area contributed by atoms with Crippen molar-refractivity contribution in [2.45, 2.75) is 19.3 Å². The lowest BCUT2D eigenvalue weighted by atomic mass is 10.2. The van der Waals surface area contributed by atoms with Crippen molar-refractivity contribution in [3.8, 4) is 0 Å². The number of anilines is 1. The van der Waals surface area contributed by atoms with Gasteiger partial charge < -0.3 is 11.1 Å². The van der Waals surface area contributed by atoms with Crippen LogP contribution in [-0.4, -0.2) is 12.5 Å². The summed E-state index contributed by atoms with van der Waals surface area (Å²) >= 11 is 2.96. The summed E-state index contributed by atoms with van der Waals surface area (Å²) in [6.45, 7) is 0.494. The Hall–Kier alpha value is -1.01. The average molecular weight is 307 g/mol. The van der Waals surface area contributed by atoms with Gasteiger partial charge in [-0.25, -0.2) is 8.78 Å². The highest BCUT2D eigenvalue weighted by Crippen LogP contribution is 2.23. The predicted molar refractivity (Wildman–Crippen MR) is 65.6 cm³/mol. The average Bonchev–Trinajstić information content (AvgIpc) is 2.24. The number of rotatable bonds is 5. The zero-order valence-corrected chi connectivity index (χ0v) is 10.7. The minimum Gasteiger partial charge on any atom is -0.330 e. The Kier molecular flexibility index (Phi) is 5.50. The van der Waals surface area contributed by atoms with Crippen molar-refractivity contribution < 1.29 is 13.6 Å². The molecular formula is C11H13BrF2N2O. The summed E-state index contributed by atoms with van der Waals surface area (Å²) < 4.78 is 27.0. The molecule has 0 radical (unpaired) electrons. The number of unbranched alkanes of at least 4 members (excludes halogenated alkanes) is 1. The van der Waals surface area contributed by atoms with Gasteiger partial charge in [0, 0.05) is 10.9 Å². The third-order valence-corrected chi connectivity index (χ3v) is 2.59. The number of benzene rings is 1. The zero-order chi connectivity index (χ0) is 12.8. The van der Waals surface area contributed by atoms with Crippen molar-refractivity contribution in [2.24, 2.45) is 5.73 Å². The number of nitrogens with two attached hydrogens (primary N) is 1. The van der Waals surface area contributed by atoms with Crippen LogP contribution < -0.4 is 11.1 Å². The lowest BCUT2D eigenvalue weighted by Crippen LogP contribution is -2.14. The topological polar surface area (TPSA) is 55.1 Å². The van der Waals surface area contributed by atoms with Gasteiger partial charge in [-0.3, -0.25) is 4.79 Å². The molecule has 1 aromatic rings. The number of hydrogen-bond acceptors (Lipinski definition) is 2. The van der Waals surface area contributed by atoms with E-state index in [2.05, 4.69) is 21.2 Å². The molecule has 0 aromatic heterocycles. The van der Waals surface area contributed by atoms with E-state index in [0.717, 1.165) is 12.1 Å². The first-order valence-electron chi connectivity index (χ1n) is 5.19. The largest absolute Gasteiger partial charge is 0.330 e. The maximum atomic E-state index is 13.4. The first-order chi connectivity index (χ1) is 8.04. The minimum absolute atomic E-state index is 0.201. The summed E-state index contributed by atoms with van der Waals surface area (Å²) in [4.78, 5) is 11.4. The van der Waals surface area contributed by atoms with Crippen LogP contribution in [0.25, 0.3) is 0 Å². The highest BCUT2D eigenvalue weighted by Gasteiger charge is 2.13. The van der Waals surface area contributed by atoms with Crippen molar-refractivity contribution in [3.05, 3.63) is 28.2 Å². The summed E-state index contributed by atoms with van der Waals surface area (Å²) in [5.74, 6) is -2.02. The van der Waals surface area contributed by atoms with Gasteiger partial charge in [-0.1, -0.05) is 15.9 Å². The molecule has 0 spiro atoms. The van der Waals surface area contributed by atoms with Gasteiger partial charge in [-0.05, 0) is 31.5 Å². The number of hydrogen-bond donors (Lipinski definition) is 2. The van der Waals surface area contributed by atoms with E-state index in [1.54, 1.807) is 0 Å². The van der Waals surface area contributed by atoms with Gasteiger partial charge >= 0.3 is 0 Å². The molecule has 3 nitrogen and oxygen atoms in total. The summed E-state index contributed by atoms with van der Waals surface area (Å²) in [5.41, 5.74) is 4.86. The Morgan fingerprint density at radius 2 is 1.88 bits per heavy atom. The van der Waals surface area contributed by atoms with Gasteiger partial charge in [0.05, 0.1) is 0 Å². The van der Waals surface area contributed by atoms with Crippen molar-refractivity contribution in [1.82, 2.24) is 0 Å². The van der Waals surface area contributed by atoms with Gasteiger partial charge in [-0.2, -0.15) is 0 Å². The Balaban J connectivity index is 2.65. The molecule has 1 aromatic carbocycles. The van der Waals surface area contributed by atoms with Gasteiger partial charge in [0.1, 0.15) is 5.69 Å². The number of carbonyl (C=O) groups is 1. The minimum atomic E-state index is -0.802. The zero-order valence-electron chi connectivity index (χ0n) is 9.10. The van der Waals surface area contributed by atoms with E-state index in [0.29, 0.717) is 19.4 Å². The second-order valence-corrected chi connectivity index (χ2v) is 4.45. The molecule has 3 N–H and O–H groups in total. The molecule has 94 valence electrons. The Bertz CT molecular complexity index is 389. The van der Waals surface area contributed by atoms with Crippen LogP contribution in [0.5, 0.6) is 0 Å². The molecular weight excluding hydrogens is 294 g/mol. The molecule has 0 aliphatic heterocycles. The predicted octanol–water partition coefficient (Wildman–Crippen LogP) is 2.79. The molecule has 0 unspecified atom stereocenters. The molecule has 0 atom stereocenters. The highest BCUT2D eigenvalue weighted by atomic mass is 79.9. The lowest BCUT2D eigenvalue weighted by Gasteiger charge is -2.07. The second-order valence-electron chi connectivity index (χ2n) is 3.54. The standard InChI is InChI=1S/C11H13BrF2N2O/c12-7-5-8(13)11(9(14)6-7)16-10(17)3-1-2-4-15/h5-6H,1-4,15H2,(H,16,17). The fourth-order valence-electron chi connectivity index (χ4n) is 1.29. The quantitative estimate of drug-likeness (QED) is 0.822. The van der Waals surface area contributed by atoms with Crippen molar-refractivity contribution >= 4 is 27.5 Å². The van der Waals surface area contributed by atoms with Crippen LogP contribution in [0, 0.1) is 11.6 Å². The third kappa shape index (κ3) is 4.40. The first kappa shape index (κ1) is 14.1. The SMILES string of the molecule is NCCCCC(=O)Nc1c(F)cc(Br)cc1F. The number of amides is 1. The molecule has 0 bridgehead atoms. The molecule has 0 aliphatic carbocycles. The summed E-state index contributed by atoms with van der Waals surface area (Å²) in [6.07, 6.45) is 1.51. The molecule has 0 heterocycles. The third-order valence-electron chi connectivity index (χ3n) is 2.13. The maximum Gasteiger partial charge on any atom is 0.224 e. The van der Waals surface area contributed by atoms with Crippen molar-refractivity contribution in [1.29, 1.82) is 0 Å². The Labute approximate surface area is 107 Å². The normalized spacial score (nSPS) is 10.4. The number of nitrogens with one attached hydrogen (secondary N) is 1. The first-order valence-corrected chi connectivity index (χ1v) is 5.98. The molecule has 1 rings (SSSR count). The second kappa shape index (κ2) is 6.66. The molecule has 0 fully saturated rings. The van der Waals surface area contributed by atoms with Gasteiger partial charge in [0.2, 0.25) is 5.91 Å². The highest BCUT2D eigenvalue weighted by molar-refractivity contribution is 9.10. The summed E-state index contributed by atoms with van der Waals surface area (Å²) in [6, 6.07) is 2.19. The van der Waals surface area contributed by atoms with E-state index in [1.807, 2.05) is 0 Å². The fourth-order valence-corrected chi connectivity index (χ4v) is 1.70. The van der Waals surface area contributed by atoms with E-state index < -0.39 is 23.2 Å². The van der Waals surface area contributed by atoms with Crippen LogP contribution in [0.15, 0.2) is 16.6 Å². The van der Waals surface area contributed by atoms with E-state index in [4.69, 9.17) is 5.73 Å². The molecule has 0 aliphatic rings. The van der Waals surface area contributed by atoms with Gasteiger partial charge in [0.25, 0.3) is 0 Å². The molecule has 1 amide bonds. The van der Waals surface area contributed by atoms with Gasteiger partial charge in [-0.15, -0.1) is 0 Å². The molecule has 0 saturated heterocycles. The smallest absolute Gasteiger partial charge is 0.224 e. The molecule has 6 heteroatoms.